The maximum absolute atomic E-state index is 13.2. The van der Waals surface area contributed by atoms with Crippen LogP contribution in [0, 0.1) is 5.82 Å². The van der Waals surface area contributed by atoms with E-state index in [1.165, 1.54) is 17.7 Å². The van der Waals surface area contributed by atoms with Gasteiger partial charge in [0.1, 0.15) is 5.82 Å². The maximum Gasteiger partial charge on any atom is 0.192 e. The van der Waals surface area contributed by atoms with Crippen LogP contribution in [0.1, 0.15) is 44.1 Å². The highest BCUT2D eigenvalue weighted by Crippen LogP contribution is 2.35. The number of thioether (sulfide) groups is 1. The minimum atomic E-state index is -0.225. The molecule has 0 amide bonds. The van der Waals surface area contributed by atoms with Crippen LogP contribution in [0.5, 0.6) is 0 Å². The van der Waals surface area contributed by atoms with Gasteiger partial charge < -0.3 is 0 Å². The van der Waals surface area contributed by atoms with Crippen molar-refractivity contribution in [2.45, 2.75) is 50.1 Å². The van der Waals surface area contributed by atoms with Gasteiger partial charge in [-0.25, -0.2) is 4.39 Å². The number of rotatable bonds is 6. The summed E-state index contributed by atoms with van der Waals surface area (Å²) in [6.07, 6.45) is 1.85. The predicted molar refractivity (Wildman–Crippen MR) is 115 cm³/mol. The minimum Gasteiger partial charge on any atom is -0.298 e. The number of halogens is 1. The lowest BCUT2D eigenvalue weighted by atomic mass is 9.87. The molecule has 0 saturated heterocycles. The molecule has 3 aromatic rings. The van der Waals surface area contributed by atoms with Crippen molar-refractivity contribution in [3.63, 3.8) is 0 Å². The second kappa shape index (κ2) is 8.31. The third-order valence-corrected chi connectivity index (χ3v) is 5.80. The highest BCUT2D eigenvalue weighted by molar-refractivity contribution is 7.99. The summed E-state index contributed by atoms with van der Waals surface area (Å²) >= 11 is 1.61. The number of nitrogens with zero attached hydrogens (tertiary/aromatic N) is 3. The number of allylic oxidation sites excluding steroid dienone is 1. The molecule has 5 heteroatoms. The zero-order valence-corrected chi connectivity index (χ0v) is 17.6. The lowest BCUT2D eigenvalue weighted by Gasteiger charge is -2.19. The molecule has 0 fully saturated rings. The Kier molecular flexibility index (Phi) is 6.04. The van der Waals surface area contributed by atoms with E-state index in [2.05, 4.69) is 73.3 Å². The Hall–Kier alpha value is -2.40. The molecule has 1 heterocycles. The van der Waals surface area contributed by atoms with Gasteiger partial charge in [0.25, 0.3) is 0 Å². The number of hydrogen-bond acceptors (Lipinski definition) is 3. The van der Waals surface area contributed by atoms with Crippen LogP contribution in [0.3, 0.4) is 0 Å². The third-order valence-electron chi connectivity index (χ3n) is 4.66. The summed E-state index contributed by atoms with van der Waals surface area (Å²) in [5, 5.41) is 9.82. The lowest BCUT2D eigenvalue weighted by Crippen LogP contribution is -2.10. The Bertz CT molecular complexity index is 937. The molecule has 3 nitrogen and oxygen atoms in total. The first-order valence-electron chi connectivity index (χ1n) is 9.36. The first-order chi connectivity index (χ1) is 13.3. The standard InChI is InChI=1S/C23H26FN3S/c1-6-15-27-21(18-7-11-19(12-8-18)23(3,4)5)25-26-22(27)28-16(2)17-9-13-20(24)14-10-17/h6-14,16H,1,15H2,2-5H3/t16-/m0/s1. The van der Waals surface area contributed by atoms with E-state index < -0.39 is 0 Å². The molecular formula is C23H26FN3S. The fraction of sp³-hybridized carbons (Fsp3) is 0.304. The Labute approximate surface area is 170 Å². The molecule has 0 saturated carbocycles. The monoisotopic (exact) mass is 395 g/mol. The van der Waals surface area contributed by atoms with Crippen LogP contribution in [0.4, 0.5) is 4.39 Å². The topological polar surface area (TPSA) is 30.7 Å². The predicted octanol–water partition coefficient (Wildman–Crippen LogP) is 6.42. The largest absolute Gasteiger partial charge is 0.298 e. The minimum absolute atomic E-state index is 0.110. The van der Waals surface area contributed by atoms with Gasteiger partial charge in [0.2, 0.25) is 0 Å². The van der Waals surface area contributed by atoms with Crippen molar-refractivity contribution in [3.8, 4) is 11.4 Å². The van der Waals surface area contributed by atoms with Crippen molar-refractivity contribution in [3.05, 3.63) is 78.1 Å². The molecule has 0 spiro atoms. The van der Waals surface area contributed by atoms with Gasteiger partial charge in [0.15, 0.2) is 11.0 Å². The molecule has 0 unspecified atom stereocenters. The van der Waals surface area contributed by atoms with E-state index in [9.17, 15) is 4.39 Å². The van der Waals surface area contributed by atoms with E-state index in [1.54, 1.807) is 11.8 Å². The summed E-state index contributed by atoms with van der Waals surface area (Å²) in [7, 11) is 0. The molecular weight excluding hydrogens is 369 g/mol. The molecule has 0 aliphatic rings. The normalized spacial score (nSPS) is 12.8. The van der Waals surface area contributed by atoms with E-state index in [1.807, 2.05) is 18.2 Å². The van der Waals surface area contributed by atoms with Crippen LogP contribution in [0.2, 0.25) is 0 Å². The van der Waals surface area contributed by atoms with Gasteiger partial charge in [-0.15, -0.1) is 16.8 Å². The second-order valence-corrected chi connectivity index (χ2v) is 9.15. The summed E-state index contributed by atoms with van der Waals surface area (Å²) in [6, 6.07) is 15.1. The van der Waals surface area contributed by atoms with Gasteiger partial charge in [-0.05, 0) is 35.6 Å². The van der Waals surface area contributed by atoms with Crippen LogP contribution in [0.15, 0.2) is 66.3 Å². The van der Waals surface area contributed by atoms with E-state index in [-0.39, 0.29) is 16.5 Å². The summed E-state index contributed by atoms with van der Waals surface area (Å²) in [6.45, 7) is 13.2. The van der Waals surface area contributed by atoms with Crippen molar-refractivity contribution in [1.82, 2.24) is 14.8 Å². The second-order valence-electron chi connectivity index (χ2n) is 7.84. The zero-order valence-electron chi connectivity index (χ0n) is 16.8. The quantitative estimate of drug-likeness (QED) is 0.356. The summed E-state index contributed by atoms with van der Waals surface area (Å²) in [4.78, 5) is 0. The molecule has 2 aromatic carbocycles. The molecule has 1 atom stereocenters. The van der Waals surface area contributed by atoms with Gasteiger partial charge >= 0.3 is 0 Å². The highest BCUT2D eigenvalue weighted by atomic mass is 32.2. The zero-order chi connectivity index (χ0) is 20.3. The van der Waals surface area contributed by atoms with Crippen LogP contribution < -0.4 is 0 Å². The highest BCUT2D eigenvalue weighted by Gasteiger charge is 2.18. The molecule has 0 aliphatic heterocycles. The molecule has 0 radical (unpaired) electrons. The van der Waals surface area contributed by atoms with Crippen molar-refractivity contribution in [2.75, 3.05) is 0 Å². The molecule has 0 bridgehead atoms. The average molecular weight is 396 g/mol. The van der Waals surface area contributed by atoms with Crippen molar-refractivity contribution >= 4 is 11.8 Å². The summed E-state index contributed by atoms with van der Waals surface area (Å²) < 4.78 is 15.3. The van der Waals surface area contributed by atoms with Crippen molar-refractivity contribution in [2.24, 2.45) is 0 Å². The van der Waals surface area contributed by atoms with Crippen LogP contribution in [-0.4, -0.2) is 14.8 Å². The number of aromatic nitrogens is 3. The Balaban J connectivity index is 1.89. The molecule has 3 rings (SSSR count). The molecule has 28 heavy (non-hydrogen) atoms. The van der Waals surface area contributed by atoms with Gasteiger partial charge in [0.05, 0.1) is 0 Å². The van der Waals surface area contributed by atoms with Gasteiger partial charge in [-0.3, -0.25) is 4.57 Å². The molecule has 146 valence electrons. The Morgan fingerprint density at radius 3 is 2.29 bits per heavy atom. The molecule has 0 N–H and O–H groups in total. The fourth-order valence-corrected chi connectivity index (χ4v) is 3.95. The molecule has 0 aliphatic carbocycles. The van der Waals surface area contributed by atoms with Crippen molar-refractivity contribution < 1.29 is 4.39 Å². The smallest absolute Gasteiger partial charge is 0.192 e. The van der Waals surface area contributed by atoms with Gasteiger partial charge in [-0.2, -0.15) is 0 Å². The number of hydrogen-bond donors (Lipinski definition) is 0. The summed E-state index contributed by atoms with van der Waals surface area (Å²) in [5.41, 5.74) is 3.48. The van der Waals surface area contributed by atoms with E-state index in [4.69, 9.17) is 0 Å². The fourth-order valence-electron chi connectivity index (χ4n) is 2.96. The van der Waals surface area contributed by atoms with Crippen molar-refractivity contribution in [1.29, 1.82) is 0 Å². The van der Waals surface area contributed by atoms with E-state index in [0.717, 1.165) is 22.1 Å². The van der Waals surface area contributed by atoms with Crippen LogP contribution >= 0.6 is 11.8 Å². The third kappa shape index (κ3) is 4.53. The lowest BCUT2D eigenvalue weighted by molar-refractivity contribution is 0.590. The van der Waals surface area contributed by atoms with Crippen LogP contribution in [0.25, 0.3) is 11.4 Å². The SMILES string of the molecule is C=CCn1c(S[C@@H](C)c2ccc(F)cc2)nnc1-c1ccc(C(C)(C)C)cc1. The first kappa shape index (κ1) is 20.3. The first-order valence-corrected chi connectivity index (χ1v) is 10.2. The summed E-state index contributed by atoms with van der Waals surface area (Å²) in [5.74, 6) is 0.603. The molecule has 1 aromatic heterocycles. The van der Waals surface area contributed by atoms with Gasteiger partial charge in [-0.1, -0.05) is 75.0 Å². The average Bonchev–Trinajstić information content (AvgIpc) is 3.04. The van der Waals surface area contributed by atoms with E-state index >= 15 is 0 Å². The maximum atomic E-state index is 13.2. The van der Waals surface area contributed by atoms with E-state index in [0.29, 0.717) is 6.54 Å². The Morgan fingerprint density at radius 1 is 1.07 bits per heavy atom. The van der Waals surface area contributed by atoms with Gasteiger partial charge in [0, 0.05) is 17.4 Å². The van der Waals surface area contributed by atoms with Crippen LogP contribution in [-0.2, 0) is 12.0 Å². The number of benzene rings is 2. The Morgan fingerprint density at radius 2 is 1.71 bits per heavy atom.